The van der Waals surface area contributed by atoms with Gasteiger partial charge in [-0.2, -0.15) is 5.10 Å². The Hall–Kier alpha value is -1.48. The summed E-state index contributed by atoms with van der Waals surface area (Å²) in [4.78, 5) is 0. The Bertz CT molecular complexity index is 508. The largest absolute Gasteiger partial charge is 0.381 e. The topological polar surface area (TPSA) is 29.9 Å². The Morgan fingerprint density at radius 3 is 2.89 bits per heavy atom. The molecule has 0 aliphatic rings. The van der Waals surface area contributed by atoms with Gasteiger partial charge in [0.2, 0.25) is 0 Å². The number of aromatic nitrogens is 2. The maximum absolute atomic E-state index is 6.31. The highest BCUT2D eigenvalue weighted by Crippen LogP contribution is 2.28. The summed E-state index contributed by atoms with van der Waals surface area (Å²) in [6, 6.07) is 8.22. The van der Waals surface area contributed by atoms with E-state index in [1.807, 2.05) is 30.5 Å². The van der Waals surface area contributed by atoms with Crippen molar-refractivity contribution in [1.29, 1.82) is 0 Å². The van der Waals surface area contributed by atoms with Crippen molar-refractivity contribution < 1.29 is 0 Å². The summed E-state index contributed by atoms with van der Waals surface area (Å²) in [6.45, 7) is 4.41. The van der Waals surface area contributed by atoms with E-state index in [1.54, 1.807) is 10.9 Å². The van der Waals surface area contributed by atoms with Crippen LogP contribution in [0.2, 0.25) is 5.02 Å². The van der Waals surface area contributed by atoms with E-state index in [1.165, 1.54) is 12.8 Å². The zero-order valence-corrected chi connectivity index (χ0v) is 12.2. The zero-order valence-electron chi connectivity index (χ0n) is 11.4. The molecule has 19 heavy (non-hydrogen) atoms. The molecule has 0 amide bonds. The molecule has 2 rings (SSSR count). The van der Waals surface area contributed by atoms with E-state index in [0.717, 1.165) is 17.8 Å². The molecule has 3 nitrogen and oxygen atoms in total. The molecule has 1 aromatic heterocycles. The number of halogens is 1. The minimum atomic E-state index is 0.424. The highest BCUT2D eigenvalue weighted by Gasteiger charge is 2.11. The summed E-state index contributed by atoms with van der Waals surface area (Å²) in [6.07, 6.45) is 7.26. The lowest BCUT2D eigenvalue weighted by Crippen LogP contribution is -2.16. The third-order valence-electron chi connectivity index (χ3n) is 3.11. The van der Waals surface area contributed by atoms with Crippen LogP contribution in [-0.4, -0.2) is 15.8 Å². The number of unbranched alkanes of at least 4 members (excludes halogenated alkanes) is 1. The van der Waals surface area contributed by atoms with E-state index in [0.29, 0.717) is 11.1 Å². The van der Waals surface area contributed by atoms with Gasteiger partial charge >= 0.3 is 0 Å². The first-order valence-corrected chi connectivity index (χ1v) is 7.15. The van der Waals surface area contributed by atoms with Crippen molar-refractivity contribution in [2.75, 3.05) is 5.32 Å². The molecule has 0 saturated carbocycles. The number of benzene rings is 1. The number of nitrogens with one attached hydrogen (secondary N) is 1. The summed E-state index contributed by atoms with van der Waals surface area (Å²) >= 11 is 6.31. The number of hydrogen-bond donors (Lipinski definition) is 1. The van der Waals surface area contributed by atoms with E-state index in [9.17, 15) is 0 Å². The predicted molar refractivity (Wildman–Crippen MR) is 81.2 cm³/mol. The first-order chi connectivity index (χ1) is 9.22. The second-order valence-corrected chi connectivity index (χ2v) is 5.18. The lowest BCUT2D eigenvalue weighted by molar-refractivity contribution is 0.644. The summed E-state index contributed by atoms with van der Waals surface area (Å²) in [7, 11) is 0. The van der Waals surface area contributed by atoms with E-state index in [-0.39, 0.29) is 0 Å². The second kappa shape index (κ2) is 6.62. The van der Waals surface area contributed by atoms with E-state index in [2.05, 4.69) is 24.3 Å². The van der Waals surface area contributed by atoms with E-state index >= 15 is 0 Å². The van der Waals surface area contributed by atoms with Crippen molar-refractivity contribution >= 4 is 17.3 Å². The van der Waals surface area contributed by atoms with Crippen molar-refractivity contribution in [3.05, 3.63) is 41.7 Å². The SMILES string of the molecule is CCCCC(C)Nc1cccc(Cl)c1-n1cccn1. The molecule has 1 N–H and O–H groups in total. The van der Waals surface area contributed by atoms with Gasteiger partial charge in [0.1, 0.15) is 5.69 Å². The fourth-order valence-corrected chi connectivity index (χ4v) is 2.37. The van der Waals surface area contributed by atoms with Gasteiger partial charge in [-0.1, -0.05) is 37.4 Å². The van der Waals surface area contributed by atoms with E-state index in [4.69, 9.17) is 11.6 Å². The zero-order chi connectivity index (χ0) is 13.7. The van der Waals surface area contributed by atoms with E-state index < -0.39 is 0 Å². The Kier molecular flexibility index (Phi) is 4.86. The monoisotopic (exact) mass is 277 g/mol. The molecule has 0 radical (unpaired) electrons. The number of hydrogen-bond acceptors (Lipinski definition) is 2. The van der Waals surface area contributed by atoms with Crippen molar-refractivity contribution in [2.45, 2.75) is 39.2 Å². The molecule has 0 fully saturated rings. The standard InChI is InChI=1S/C15H20ClN3/c1-3-4-7-12(2)18-14-9-5-8-13(16)15(14)19-11-6-10-17-19/h5-6,8-12,18H,3-4,7H2,1-2H3. The predicted octanol–water partition coefficient (Wildman–Crippen LogP) is 4.52. The third kappa shape index (κ3) is 3.51. The fourth-order valence-electron chi connectivity index (χ4n) is 2.11. The van der Waals surface area contributed by atoms with Gasteiger partial charge in [-0.3, -0.25) is 0 Å². The Labute approximate surface area is 119 Å². The molecule has 0 aliphatic carbocycles. The molecular weight excluding hydrogens is 258 g/mol. The van der Waals surface area contributed by atoms with Crippen molar-refractivity contribution in [2.24, 2.45) is 0 Å². The highest BCUT2D eigenvalue weighted by atomic mass is 35.5. The van der Waals surface area contributed by atoms with Crippen LogP contribution in [0, 0.1) is 0 Å². The van der Waals surface area contributed by atoms with Crippen LogP contribution < -0.4 is 5.32 Å². The molecule has 4 heteroatoms. The smallest absolute Gasteiger partial charge is 0.106 e. The van der Waals surface area contributed by atoms with Crippen LogP contribution >= 0.6 is 11.6 Å². The average Bonchev–Trinajstić information content (AvgIpc) is 2.90. The molecule has 1 aromatic carbocycles. The normalized spacial score (nSPS) is 12.4. The van der Waals surface area contributed by atoms with Gasteiger partial charge in [0.15, 0.2) is 0 Å². The van der Waals surface area contributed by atoms with Crippen LogP contribution in [0.3, 0.4) is 0 Å². The second-order valence-electron chi connectivity index (χ2n) is 4.77. The average molecular weight is 278 g/mol. The van der Waals surface area contributed by atoms with Crippen LogP contribution in [0.25, 0.3) is 5.69 Å². The number of nitrogens with zero attached hydrogens (tertiary/aromatic N) is 2. The van der Waals surface area contributed by atoms with Gasteiger partial charge in [-0.25, -0.2) is 4.68 Å². The first-order valence-electron chi connectivity index (χ1n) is 6.77. The molecule has 1 heterocycles. The van der Waals surface area contributed by atoms with Crippen molar-refractivity contribution in [3.63, 3.8) is 0 Å². The molecule has 102 valence electrons. The van der Waals surface area contributed by atoms with Gasteiger partial charge in [-0.15, -0.1) is 0 Å². The number of rotatable bonds is 6. The van der Waals surface area contributed by atoms with Gasteiger partial charge in [0.05, 0.1) is 10.7 Å². The van der Waals surface area contributed by atoms with Crippen LogP contribution in [0.4, 0.5) is 5.69 Å². The van der Waals surface area contributed by atoms with Gasteiger partial charge < -0.3 is 5.32 Å². The maximum atomic E-state index is 6.31. The Morgan fingerprint density at radius 1 is 1.37 bits per heavy atom. The lowest BCUT2D eigenvalue weighted by atomic mass is 10.1. The van der Waals surface area contributed by atoms with Crippen LogP contribution in [0.1, 0.15) is 33.1 Å². The lowest BCUT2D eigenvalue weighted by Gasteiger charge is -2.18. The molecule has 0 bridgehead atoms. The Balaban J connectivity index is 2.23. The van der Waals surface area contributed by atoms with Crippen LogP contribution in [0.5, 0.6) is 0 Å². The number of para-hydroxylation sites is 1. The van der Waals surface area contributed by atoms with Gasteiger partial charge in [-0.05, 0) is 31.5 Å². The summed E-state index contributed by atoms with van der Waals surface area (Å²) in [5.41, 5.74) is 1.94. The summed E-state index contributed by atoms with van der Waals surface area (Å²) < 4.78 is 1.80. The minimum absolute atomic E-state index is 0.424. The third-order valence-corrected chi connectivity index (χ3v) is 3.42. The molecule has 2 aromatic rings. The molecule has 0 aliphatic heterocycles. The molecule has 1 atom stereocenters. The molecule has 0 saturated heterocycles. The molecule has 1 unspecified atom stereocenters. The van der Waals surface area contributed by atoms with Gasteiger partial charge in [0.25, 0.3) is 0 Å². The summed E-state index contributed by atoms with van der Waals surface area (Å²) in [5, 5.41) is 8.50. The maximum Gasteiger partial charge on any atom is 0.106 e. The summed E-state index contributed by atoms with van der Waals surface area (Å²) in [5.74, 6) is 0. The van der Waals surface area contributed by atoms with Crippen molar-refractivity contribution in [1.82, 2.24) is 9.78 Å². The fraction of sp³-hybridized carbons (Fsp3) is 0.400. The first kappa shape index (κ1) is 13.9. The van der Waals surface area contributed by atoms with Crippen LogP contribution in [-0.2, 0) is 0 Å². The minimum Gasteiger partial charge on any atom is -0.381 e. The van der Waals surface area contributed by atoms with Crippen molar-refractivity contribution in [3.8, 4) is 5.69 Å². The van der Waals surface area contributed by atoms with Crippen LogP contribution in [0.15, 0.2) is 36.7 Å². The quantitative estimate of drug-likeness (QED) is 0.841. The molecular formula is C15H20ClN3. The van der Waals surface area contributed by atoms with Gasteiger partial charge in [0, 0.05) is 18.4 Å². The Morgan fingerprint density at radius 2 is 2.21 bits per heavy atom. The molecule has 0 spiro atoms. The highest BCUT2D eigenvalue weighted by molar-refractivity contribution is 6.33. The number of anilines is 1.